The lowest BCUT2D eigenvalue weighted by Gasteiger charge is -2.06. The SMILES string of the molecule is COC(=O)c1ccc(N/C=C(/C#N)C(=O)Nc2cccc(O)c2)cc1. The molecule has 0 saturated carbocycles. The van der Waals surface area contributed by atoms with Crippen molar-refractivity contribution in [1.29, 1.82) is 5.26 Å². The predicted molar refractivity (Wildman–Crippen MR) is 91.8 cm³/mol. The van der Waals surface area contributed by atoms with Crippen LogP contribution in [-0.4, -0.2) is 24.1 Å². The van der Waals surface area contributed by atoms with E-state index in [0.717, 1.165) is 0 Å². The van der Waals surface area contributed by atoms with Gasteiger partial charge in [-0.3, -0.25) is 4.79 Å². The number of carbonyl (C=O) groups is 2. The van der Waals surface area contributed by atoms with Crippen LogP contribution in [0.3, 0.4) is 0 Å². The van der Waals surface area contributed by atoms with Crippen molar-refractivity contribution in [3.05, 3.63) is 65.9 Å². The van der Waals surface area contributed by atoms with E-state index in [1.807, 2.05) is 0 Å². The minimum Gasteiger partial charge on any atom is -0.508 e. The normalized spacial score (nSPS) is 10.5. The van der Waals surface area contributed by atoms with E-state index in [2.05, 4.69) is 15.4 Å². The first kappa shape index (κ1) is 17.6. The third-order valence-corrected chi connectivity index (χ3v) is 3.16. The van der Waals surface area contributed by atoms with Crippen molar-refractivity contribution < 1.29 is 19.4 Å². The van der Waals surface area contributed by atoms with Gasteiger partial charge in [-0.05, 0) is 36.4 Å². The van der Waals surface area contributed by atoms with Gasteiger partial charge in [-0.25, -0.2) is 4.79 Å². The van der Waals surface area contributed by atoms with E-state index in [1.54, 1.807) is 42.5 Å². The van der Waals surface area contributed by atoms with Crippen molar-refractivity contribution >= 4 is 23.3 Å². The molecule has 0 aliphatic rings. The molecule has 0 radical (unpaired) electrons. The number of anilines is 2. The summed E-state index contributed by atoms with van der Waals surface area (Å²) in [4.78, 5) is 23.4. The van der Waals surface area contributed by atoms with Crippen LogP contribution in [0.1, 0.15) is 10.4 Å². The smallest absolute Gasteiger partial charge is 0.337 e. The first-order chi connectivity index (χ1) is 12.0. The molecule has 25 heavy (non-hydrogen) atoms. The number of carbonyl (C=O) groups excluding carboxylic acids is 2. The number of nitrogens with one attached hydrogen (secondary N) is 2. The number of hydrogen-bond acceptors (Lipinski definition) is 6. The minimum absolute atomic E-state index is 0.00380. The van der Waals surface area contributed by atoms with E-state index in [0.29, 0.717) is 16.9 Å². The molecular weight excluding hydrogens is 322 g/mol. The van der Waals surface area contributed by atoms with Gasteiger partial charge in [0.15, 0.2) is 0 Å². The van der Waals surface area contributed by atoms with Gasteiger partial charge in [-0.15, -0.1) is 0 Å². The number of amides is 1. The number of rotatable bonds is 5. The van der Waals surface area contributed by atoms with E-state index >= 15 is 0 Å². The molecule has 0 bridgehead atoms. The van der Waals surface area contributed by atoms with Crippen LogP contribution in [0.2, 0.25) is 0 Å². The number of benzene rings is 2. The Morgan fingerprint density at radius 3 is 2.48 bits per heavy atom. The molecule has 0 fully saturated rings. The van der Waals surface area contributed by atoms with Crippen LogP contribution in [0.15, 0.2) is 60.3 Å². The number of hydrogen-bond donors (Lipinski definition) is 3. The van der Waals surface area contributed by atoms with Gasteiger partial charge in [0.05, 0.1) is 12.7 Å². The van der Waals surface area contributed by atoms with Crippen molar-refractivity contribution in [2.45, 2.75) is 0 Å². The second-order valence-corrected chi connectivity index (χ2v) is 4.89. The van der Waals surface area contributed by atoms with Crippen LogP contribution in [-0.2, 0) is 9.53 Å². The van der Waals surface area contributed by atoms with E-state index in [4.69, 9.17) is 5.26 Å². The molecule has 0 saturated heterocycles. The zero-order valence-corrected chi connectivity index (χ0v) is 13.3. The molecule has 1 amide bonds. The fourth-order valence-corrected chi connectivity index (χ4v) is 1.91. The van der Waals surface area contributed by atoms with E-state index in [-0.39, 0.29) is 11.3 Å². The molecule has 2 aromatic rings. The lowest BCUT2D eigenvalue weighted by Crippen LogP contribution is -2.14. The van der Waals surface area contributed by atoms with Crippen molar-refractivity contribution in [1.82, 2.24) is 0 Å². The van der Waals surface area contributed by atoms with Gasteiger partial charge < -0.3 is 20.5 Å². The summed E-state index contributed by atoms with van der Waals surface area (Å²) in [7, 11) is 1.29. The lowest BCUT2D eigenvalue weighted by molar-refractivity contribution is -0.112. The molecule has 0 spiro atoms. The van der Waals surface area contributed by atoms with Crippen LogP contribution in [0.25, 0.3) is 0 Å². The first-order valence-electron chi connectivity index (χ1n) is 7.19. The number of phenolic OH excluding ortho intramolecular Hbond substituents is 1. The highest BCUT2D eigenvalue weighted by Crippen LogP contribution is 2.16. The van der Waals surface area contributed by atoms with E-state index in [1.165, 1.54) is 25.4 Å². The molecule has 0 unspecified atom stereocenters. The average molecular weight is 337 g/mol. The number of esters is 1. The summed E-state index contributed by atoms with van der Waals surface area (Å²) >= 11 is 0. The zero-order valence-electron chi connectivity index (χ0n) is 13.3. The van der Waals surface area contributed by atoms with Crippen LogP contribution in [0.5, 0.6) is 5.75 Å². The third kappa shape index (κ3) is 4.84. The molecule has 0 aliphatic heterocycles. The van der Waals surface area contributed by atoms with Crippen LogP contribution in [0, 0.1) is 11.3 Å². The van der Waals surface area contributed by atoms with Crippen molar-refractivity contribution in [3.8, 4) is 11.8 Å². The number of nitriles is 1. The molecule has 2 rings (SSSR count). The van der Waals surface area contributed by atoms with Gasteiger partial charge >= 0.3 is 5.97 Å². The Balaban J connectivity index is 2.05. The molecule has 126 valence electrons. The highest BCUT2D eigenvalue weighted by molar-refractivity contribution is 6.06. The second kappa shape index (κ2) is 8.17. The van der Waals surface area contributed by atoms with Crippen molar-refractivity contribution in [2.75, 3.05) is 17.7 Å². The monoisotopic (exact) mass is 337 g/mol. The maximum Gasteiger partial charge on any atom is 0.337 e. The van der Waals surface area contributed by atoms with Crippen LogP contribution in [0.4, 0.5) is 11.4 Å². The average Bonchev–Trinajstić information content (AvgIpc) is 2.62. The number of aromatic hydroxyl groups is 1. The summed E-state index contributed by atoms with van der Waals surface area (Å²) < 4.78 is 4.60. The first-order valence-corrected chi connectivity index (χ1v) is 7.19. The number of nitrogens with zero attached hydrogens (tertiary/aromatic N) is 1. The van der Waals surface area contributed by atoms with Gasteiger partial charge in [0.25, 0.3) is 5.91 Å². The quantitative estimate of drug-likeness (QED) is 0.439. The largest absolute Gasteiger partial charge is 0.508 e. The van der Waals surface area contributed by atoms with Gasteiger partial charge in [0, 0.05) is 23.6 Å². The van der Waals surface area contributed by atoms with Gasteiger partial charge in [0.2, 0.25) is 0 Å². The molecule has 2 aromatic carbocycles. The van der Waals surface area contributed by atoms with E-state index in [9.17, 15) is 14.7 Å². The molecule has 7 heteroatoms. The molecule has 0 aliphatic carbocycles. The summed E-state index contributed by atoms with van der Waals surface area (Å²) in [5, 5.41) is 23.8. The molecule has 0 atom stereocenters. The topological polar surface area (TPSA) is 111 Å². The molecule has 3 N–H and O–H groups in total. The number of methoxy groups -OCH3 is 1. The molecule has 0 heterocycles. The summed E-state index contributed by atoms with van der Waals surface area (Å²) in [6.45, 7) is 0. The van der Waals surface area contributed by atoms with Crippen LogP contribution < -0.4 is 10.6 Å². The van der Waals surface area contributed by atoms with Gasteiger partial charge in [0.1, 0.15) is 17.4 Å². The maximum absolute atomic E-state index is 12.1. The minimum atomic E-state index is -0.619. The third-order valence-electron chi connectivity index (χ3n) is 3.16. The second-order valence-electron chi connectivity index (χ2n) is 4.89. The Bertz CT molecular complexity index is 851. The fourth-order valence-electron chi connectivity index (χ4n) is 1.91. The fraction of sp³-hybridized carbons (Fsp3) is 0.0556. The predicted octanol–water partition coefficient (Wildman–Crippen LogP) is 2.64. The summed E-state index contributed by atoms with van der Waals surface area (Å²) in [5.41, 5.74) is 1.19. The lowest BCUT2D eigenvalue weighted by atomic mass is 10.2. The van der Waals surface area contributed by atoms with Gasteiger partial charge in [-0.1, -0.05) is 6.07 Å². The highest BCUT2D eigenvalue weighted by atomic mass is 16.5. The Hall–Kier alpha value is -3.79. The number of ether oxygens (including phenoxy) is 1. The highest BCUT2D eigenvalue weighted by Gasteiger charge is 2.10. The Kier molecular flexibility index (Phi) is 5.74. The van der Waals surface area contributed by atoms with Crippen molar-refractivity contribution in [3.63, 3.8) is 0 Å². The summed E-state index contributed by atoms with van der Waals surface area (Å²) in [6.07, 6.45) is 1.26. The summed E-state index contributed by atoms with van der Waals surface area (Å²) in [5.74, 6) is -1.07. The standard InChI is InChI=1S/C18H15N3O4/c1-25-18(24)12-5-7-14(8-6-12)20-11-13(10-19)17(23)21-15-3-2-4-16(22)9-15/h2-9,11,20,22H,1H3,(H,21,23)/b13-11-. The van der Waals surface area contributed by atoms with E-state index < -0.39 is 11.9 Å². The zero-order chi connectivity index (χ0) is 18.2. The van der Waals surface area contributed by atoms with Crippen LogP contribution >= 0.6 is 0 Å². The Morgan fingerprint density at radius 1 is 1.16 bits per heavy atom. The number of phenols is 1. The molecule has 0 aromatic heterocycles. The summed E-state index contributed by atoms with van der Waals surface area (Å²) in [6, 6.07) is 14.1. The Morgan fingerprint density at radius 2 is 1.88 bits per heavy atom. The Labute approximate surface area is 144 Å². The van der Waals surface area contributed by atoms with Crippen molar-refractivity contribution in [2.24, 2.45) is 0 Å². The maximum atomic E-state index is 12.1. The molecular formula is C18H15N3O4. The van der Waals surface area contributed by atoms with Gasteiger partial charge in [-0.2, -0.15) is 5.26 Å². The molecule has 7 nitrogen and oxygen atoms in total.